The first-order valence-electron chi connectivity index (χ1n) is 3.31. The van der Waals surface area contributed by atoms with Gasteiger partial charge in [-0.15, -0.1) is 0 Å². The van der Waals surface area contributed by atoms with Crippen LogP contribution in [0.25, 0.3) is 0 Å². The molecule has 68 valence electrons. The number of halogens is 3. The van der Waals surface area contributed by atoms with Crippen molar-refractivity contribution in [3.63, 3.8) is 0 Å². The summed E-state index contributed by atoms with van der Waals surface area (Å²) in [6, 6.07) is 0. The summed E-state index contributed by atoms with van der Waals surface area (Å²) in [6.07, 6.45) is 0. The van der Waals surface area contributed by atoms with E-state index in [-0.39, 0.29) is 0 Å². The molecule has 0 saturated heterocycles. The van der Waals surface area contributed by atoms with Crippen molar-refractivity contribution >= 4 is 47.8 Å². The highest BCUT2D eigenvalue weighted by Crippen LogP contribution is 2.26. The Balaban J connectivity index is 2.82. The molecule has 0 saturated carbocycles. The van der Waals surface area contributed by atoms with Crippen molar-refractivity contribution in [1.29, 1.82) is 0 Å². The zero-order valence-electron chi connectivity index (χ0n) is 6.35. The summed E-state index contributed by atoms with van der Waals surface area (Å²) in [5.74, 6) is 0. The maximum absolute atomic E-state index is 5.24. The summed E-state index contributed by atoms with van der Waals surface area (Å²) in [4.78, 5) is 4.13. The van der Waals surface area contributed by atoms with E-state index in [0.29, 0.717) is 13.3 Å². The van der Waals surface area contributed by atoms with Crippen molar-refractivity contribution in [2.24, 2.45) is 0 Å². The smallest absolute Gasteiger partial charge is 0.181 e. The molecular weight excluding hydrogens is 356 g/mol. The summed E-state index contributed by atoms with van der Waals surface area (Å²) in [6.45, 7) is 3.14. The highest BCUT2D eigenvalue weighted by molar-refractivity contribution is 9.13. The van der Waals surface area contributed by atoms with Gasteiger partial charge in [0.2, 0.25) is 0 Å². The molecule has 3 nitrogen and oxygen atoms in total. The second-order valence-corrected chi connectivity index (χ2v) is 4.22. The third-order valence-corrected chi connectivity index (χ3v) is 3.74. The van der Waals surface area contributed by atoms with E-state index < -0.39 is 0 Å². The number of hydrogen-bond acceptors (Lipinski definition) is 2. The molecule has 0 bridgehead atoms. The zero-order chi connectivity index (χ0) is 9.14. The summed E-state index contributed by atoms with van der Waals surface area (Å²) in [5.41, 5.74) is 0. The Kier molecular flexibility index (Phi) is 4.22. The summed E-state index contributed by atoms with van der Waals surface area (Å²) in [7, 11) is 0. The van der Waals surface area contributed by atoms with Crippen LogP contribution in [-0.2, 0) is 11.5 Å². The minimum atomic E-state index is 0.496. The van der Waals surface area contributed by atoms with Crippen LogP contribution in [0, 0.1) is 0 Å². The van der Waals surface area contributed by atoms with Crippen LogP contribution < -0.4 is 0 Å². The van der Waals surface area contributed by atoms with Crippen molar-refractivity contribution in [1.82, 2.24) is 9.55 Å². The maximum Gasteiger partial charge on any atom is 0.181 e. The highest BCUT2D eigenvalue weighted by atomic mass is 79.9. The maximum atomic E-state index is 5.24. The van der Waals surface area contributed by atoms with E-state index in [1.165, 1.54) is 0 Å². The van der Waals surface area contributed by atoms with Gasteiger partial charge in [-0.2, -0.15) is 0 Å². The number of rotatable bonds is 3. The lowest BCUT2D eigenvalue weighted by molar-refractivity contribution is 0.0847. The monoisotopic (exact) mass is 360 g/mol. The van der Waals surface area contributed by atoms with Crippen LogP contribution in [0.4, 0.5) is 0 Å². The molecular formula is C6H7Br3N2O. The normalized spacial score (nSPS) is 10.7. The van der Waals surface area contributed by atoms with E-state index in [1.54, 1.807) is 0 Å². The van der Waals surface area contributed by atoms with Gasteiger partial charge in [0, 0.05) is 6.61 Å². The van der Waals surface area contributed by atoms with Gasteiger partial charge >= 0.3 is 0 Å². The van der Waals surface area contributed by atoms with E-state index in [9.17, 15) is 0 Å². The van der Waals surface area contributed by atoms with Crippen LogP contribution in [0.5, 0.6) is 0 Å². The van der Waals surface area contributed by atoms with Gasteiger partial charge in [0.15, 0.2) is 4.73 Å². The Labute approximate surface area is 95.9 Å². The van der Waals surface area contributed by atoms with Crippen LogP contribution in [-0.4, -0.2) is 16.2 Å². The standard InChI is InChI=1S/C6H7Br3N2O/c1-2-12-3-11-5(8)4(7)10-6(11)9/h2-3H2,1H3. The molecule has 6 heteroatoms. The van der Waals surface area contributed by atoms with Gasteiger partial charge in [-0.05, 0) is 54.7 Å². The van der Waals surface area contributed by atoms with E-state index in [1.807, 2.05) is 11.5 Å². The van der Waals surface area contributed by atoms with Crippen LogP contribution in [0.2, 0.25) is 0 Å². The molecule has 0 fully saturated rings. The molecule has 12 heavy (non-hydrogen) atoms. The molecule has 1 aromatic heterocycles. The summed E-state index contributed by atoms with van der Waals surface area (Å²) in [5, 5.41) is 0. The molecule has 0 aliphatic carbocycles. The van der Waals surface area contributed by atoms with Gasteiger partial charge < -0.3 is 4.74 Å². The Hall–Kier alpha value is 0.610. The van der Waals surface area contributed by atoms with E-state index in [4.69, 9.17) is 4.74 Å². The first-order chi connectivity index (χ1) is 5.66. The predicted octanol–water partition coefficient (Wildman–Crippen LogP) is 3.16. The number of hydrogen-bond donors (Lipinski definition) is 0. The quantitative estimate of drug-likeness (QED) is 0.825. The summed E-state index contributed by atoms with van der Waals surface area (Å²) >= 11 is 9.98. The largest absolute Gasteiger partial charge is 0.361 e. The Morgan fingerprint density at radius 1 is 1.42 bits per heavy atom. The summed E-state index contributed by atoms with van der Waals surface area (Å²) < 4.78 is 9.50. The predicted molar refractivity (Wildman–Crippen MR) is 57.0 cm³/mol. The van der Waals surface area contributed by atoms with Gasteiger partial charge in [-0.3, -0.25) is 4.57 Å². The number of aromatic nitrogens is 2. The Bertz CT molecular complexity index is 274. The average Bonchev–Trinajstić information content (AvgIpc) is 2.25. The van der Waals surface area contributed by atoms with Crippen molar-refractivity contribution < 1.29 is 4.74 Å². The molecule has 0 amide bonds. The first kappa shape index (κ1) is 10.7. The number of ether oxygens (including phenoxy) is 1. The number of imidazole rings is 1. The van der Waals surface area contributed by atoms with Crippen LogP contribution in [0.15, 0.2) is 13.9 Å². The first-order valence-corrected chi connectivity index (χ1v) is 5.69. The molecule has 1 rings (SSSR count). The lowest BCUT2D eigenvalue weighted by Gasteiger charge is -2.04. The van der Waals surface area contributed by atoms with E-state index in [2.05, 4.69) is 52.8 Å². The second kappa shape index (κ2) is 4.74. The van der Waals surface area contributed by atoms with Crippen molar-refractivity contribution in [2.45, 2.75) is 13.7 Å². The third-order valence-electron chi connectivity index (χ3n) is 1.24. The second-order valence-electron chi connectivity index (χ2n) is 2.01. The van der Waals surface area contributed by atoms with Gasteiger partial charge in [0.25, 0.3) is 0 Å². The molecule has 1 aromatic rings. The molecule has 0 spiro atoms. The van der Waals surface area contributed by atoms with Crippen LogP contribution in [0.3, 0.4) is 0 Å². The van der Waals surface area contributed by atoms with Gasteiger partial charge in [0.05, 0.1) is 0 Å². The minimum Gasteiger partial charge on any atom is -0.361 e. The van der Waals surface area contributed by atoms with Gasteiger partial charge in [0.1, 0.15) is 15.9 Å². The third kappa shape index (κ3) is 2.31. The molecule has 1 heterocycles. The minimum absolute atomic E-state index is 0.496. The fourth-order valence-corrected chi connectivity index (χ4v) is 2.35. The Morgan fingerprint density at radius 3 is 2.50 bits per heavy atom. The average molecular weight is 363 g/mol. The van der Waals surface area contributed by atoms with Gasteiger partial charge in [-0.1, -0.05) is 0 Å². The molecule has 0 aliphatic heterocycles. The molecule has 0 unspecified atom stereocenters. The van der Waals surface area contributed by atoms with Crippen molar-refractivity contribution in [2.75, 3.05) is 6.61 Å². The molecule has 0 aliphatic rings. The SMILES string of the molecule is CCOCn1c(Br)nc(Br)c1Br. The highest BCUT2D eigenvalue weighted by Gasteiger charge is 2.10. The fraction of sp³-hybridized carbons (Fsp3) is 0.500. The fourth-order valence-electron chi connectivity index (χ4n) is 0.672. The lowest BCUT2D eigenvalue weighted by atomic mass is 10.8. The Morgan fingerprint density at radius 2 is 2.08 bits per heavy atom. The molecule has 0 aromatic carbocycles. The van der Waals surface area contributed by atoms with Crippen molar-refractivity contribution in [3.05, 3.63) is 13.9 Å². The zero-order valence-corrected chi connectivity index (χ0v) is 11.1. The van der Waals surface area contributed by atoms with Crippen LogP contribution >= 0.6 is 47.8 Å². The molecule has 0 N–H and O–H groups in total. The van der Waals surface area contributed by atoms with E-state index in [0.717, 1.165) is 13.9 Å². The number of nitrogens with zero attached hydrogens (tertiary/aromatic N) is 2. The topological polar surface area (TPSA) is 27.1 Å². The molecule has 0 radical (unpaired) electrons. The van der Waals surface area contributed by atoms with E-state index >= 15 is 0 Å². The van der Waals surface area contributed by atoms with Gasteiger partial charge in [-0.25, -0.2) is 4.98 Å². The van der Waals surface area contributed by atoms with Crippen molar-refractivity contribution in [3.8, 4) is 0 Å². The lowest BCUT2D eigenvalue weighted by Crippen LogP contribution is -2.02. The molecule has 0 atom stereocenters. The van der Waals surface area contributed by atoms with Crippen LogP contribution in [0.1, 0.15) is 6.92 Å².